The Labute approximate surface area is 248 Å². The summed E-state index contributed by atoms with van der Waals surface area (Å²) in [6.07, 6.45) is -0.0169. The van der Waals surface area contributed by atoms with Gasteiger partial charge < -0.3 is 15.2 Å². The molecule has 1 aromatic carbocycles. The molecule has 3 heterocycles. The number of ether oxygens (including phenoxy) is 1. The Morgan fingerprint density at radius 3 is 2.56 bits per heavy atom. The van der Waals surface area contributed by atoms with Gasteiger partial charge in [0.2, 0.25) is 5.78 Å². The maximum atomic E-state index is 13.7. The van der Waals surface area contributed by atoms with Crippen LogP contribution in [-0.4, -0.2) is 65.2 Å². The van der Waals surface area contributed by atoms with Crippen LogP contribution in [0, 0.1) is 0 Å². The molecule has 1 saturated carbocycles. The molecule has 3 N–H and O–H groups in total. The van der Waals surface area contributed by atoms with Crippen LogP contribution in [-0.2, 0) is 15.7 Å². The monoisotopic (exact) mass is 616 g/mol. The summed E-state index contributed by atoms with van der Waals surface area (Å²) in [5, 5.41) is 16.0. The van der Waals surface area contributed by atoms with Crippen molar-refractivity contribution in [1.82, 2.24) is 19.8 Å². The maximum absolute atomic E-state index is 13.7. The number of alkyl halides is 3. The number of hydrogen-bond acceptors (Lipinski definition) is 8. The molecule has 3 aromatic rings. The second kappa shape index (κ2) is 11.9. The van der Waals surface area contributed by atoms with Crippen molar-refractivity contribution in [3.8, 4) is 21.7 Å². The first-order chi connectivity index (χ1) is 20.5. The van der Waals surface area contributed by atoms with E-state index in [-0.39, 0.29) is 57.8 Å². The number of nitrogens with zero attached hydrogens (tertiary/aromatic N) is 3. The summed E-state index contributed by atoms with van der Waals surface area (Å²) in [4.78, 5) is 46.8. The summed E-state index contributed by atoms with van der Waals surface area (Å²) in [7, 11) is 0. The molecule has 1 fully saturated rings. The number of aromatic nitrogens is 2. The standard InChI is InChI=1S/C29H28F3N5O5S/c1-3-33-28(41)36-24-12-18(26-35-23(15-43-26)29(30,31)32)20(13-34-24)16-5-8-22-19(11-16)25(39)21(27(40)42-4-2)14-37(22,9-10-38)17-6-7-17/h5,8,11-15,17,38H,3-4,6-7,9-10H2,1-2H3,(H-,33,34,36,41)/p+1. The number of carbonyl (C=O) groups excluding carboxylic acids is 3. The van der Waals surface area contributed by atoms with Gasteiger partial charge in [0.05, 0.1) is 24.8 Å². The summed E-state index contributed by atoms with van der Waals surface area (Å²) in [6, 6.07) is 5.97. The van der Waals surface area contributed by atoms with E-state index in [2.05, 4.69) is 20.6 Å². The van der Waals surface area contributed by atoms with Crippen molar-refractivity contribution in [2.45, 2.75) is 38.9 Å². The fourth-order valence-electron chi connectivity index (χ4n) is 5.26. The lowest BCUT2D eigenvalue weighted by atomic mass is 9.91. The van der Waals surface area contributed by atoms with Crippen molar-refractivity contribution in [2.24, 2.45) is 0 Å². The molecule has 10 nitrogen and oxygen atoms in total. The highest BCUT2D eigenvalue weighted by Crippen LogP contribution is 2.47. The van der Waals surface area contributed by atoms with Crippen LogP contribution in [0.5, 0.6) is 0 Å². The highest BCUT2D eigenvalue weighted by atomic mass is 32.1. The minimum Gasteiger partial charge on any atom is -0.462 e. The number of urea groups is 1. The van der Waals surface area contributed by atoms with Gasteiger partial charge in [-0.3, -0.25) is 14.6 Å². The van der Waals surface area contributed by atoms with Crippen molar-refractivity contribution in [3.05, 3.63) is 58.9 Å². The largest absolute Gasteiger partial charge is 0.462 e. The van der Waals surface area contributed by atoms with Crippen LogP contribution in [0.4, 0.5) is 29.5 Å². The minimum atomic E-state index is -4.66. The number of rotatable bonds is 9. The second-order valence-corrected chi connectivity index (χ2v) is 10.9. The summed E-state index contributed by atoms with van der Waals surface area (Å²) < 4.78 is 45.6. The molecule has 43 heavy (non-hydrogen) atoms. The molecule has 0 saturated heterocycles. The second-order valence-electron chi connectivity index (χ2n) is 10.1. The van der Waals surface area contributed by atoms with Crippen molar-refractivity contribution in [3.63, 3.8) is 0 Å². The average molecular weight is 617 g/mol. The van der Waals surface area contributed by atoms with Gasteiger partial charge >= 0.3 is 18.2 Å². The number of carbonyl (C=O) groups is 3. The number of nitrogens with one attached hydrogen (secondary N) is 2. The van der Waals surface area contributed by atoms with Crippen LogP contribution >= 0.6 is 11.3 Å². The van der Waals surface area contributed by atoms with E-state index >= 15 is 0 Å². The third-order valence-corrected chi connectivity index (χ3v) is 8.15. The van der Waals surface area contributed by atoms with Crippen molar-refractivity contribution < 1.29 is 37.4 Å². The number of fused-ring (bicyclic) bond motifs is 1. The molecule has 0 radical (unpaired) electrons. The zero-order valence-electron chi connectivity index (χ0n) is 23.3. The zero-order valence-corrected chi connectivity index (χ0v) is 24.1. The zero-order chi connectivity index (χ0) is 30.9. The third kappa shape index (κ3) is 5.90. The lowest BCUT2D eigenvalue weighted by Crippen LogP contribution is -2.52. The van der Waals surface area contributed by atoms with Gasteiger partial charge in [0.25, 0.3) is 0 Å². The Bertz CT molecular complexity index is 1620. The number of hydrogen-bond donors (Lipinski definition) is 3. The SMILES string of the molecule is CCNC(=O)Nc1cc(-c2nc(C(F)(F)F)cs2)c(-c2ccc3c(c2)C(=O)C(C(=O)OCC)=C[N+]3(CCO)C2CC2)cn1. The quantitative estimate of drug-likeness (QED) is 0.173. The maximum Gasteiger partial charge on any atom is 0.434 e. The molecule has 1 aliphatic heterocycles. The molecule has 1 unspecified atom stereocenters. The number of thiazole rings is 1. The topological polar surface area (TPSA) is 131 Å². The number of quaternary nitrogens is 1. The van der Waals surface area contributed by atoms with Gasteiger partial charge in [-0.25, -0.2) is 19.6 Å². The molecule has 14 heteroatoms. The predicted molar refractivity (Wildman–Crippen MR) is 154 cm³/mol. The molecular weight excluding hydrogens is 587 g/mol. The molecule has 226 valence electrons. The number of benzene rings is 1. The van der Waals surface area contributed by atoms with Gasteiger partial charge in [-0.1, -0.05) is 0 Å². The van der Waals surface area contributed by atoms with Crippen LogP contribution in [0.25, 0.3) is 21.7 Å². The first kappa shape index (κ1) is 30.3. The fraction of sp³-hybridized carbons (Fsp3) is 0.345. The van der Waals surface area contributed by atoms with Gasteiger partial charge in [0.15, 0.2) is 11.3 Å². The Hall–Kier alpha value is -4.14. The van der Waals surface area contributed by atoms with Crippen molar-refractivity contribution in [1.29, 1.82) is 0 Å². The van der Waals surface area contributed by atoms with Gasteiger partial charge in [0.1, 0.15) is 29.3 Å². The number of anilines is 1. The number of esters is 1. The number of pyridine rings is 1. The Balaban J connectivity index is 1.66. The van der Waals surface area contributed by atoms with E-state index in [4.69, 9.17) is 4.74 Å². The molecule has 1 aliphatic carbocycles. The number of amides is 2. The first-order valence-electron chi connectivity index (χ1n) is 13.7. The number of Topliss-reactive ketones (excluding diaryl/α,β-unsaturated/α-hetero) is 1. The number of halogens is 3. The smallest absolute Gasteiger partial charge is 0.434 e. The highest BCUT2D eigenvalue weighted by Gasteiger charge is 2.51. The summed E-state index contributed by atoms with van der Waals surface area (Å²) in [6.45, 7) is 3.82. The summed E-state index contributed by atoms with van der Waals surface area (Å²) in [5.74, 6) is -1.24. The molecule has 1 atom stereocenters. The van der Waals surface area contributed by atoms with Gasteiger partial charge in [-0.15, -0.1) is 11.3 Å². The van der Waals surface area contributed by atoms with E-state index in [1.165, 1.54) is 12.3 Å². The van der Waals surface area contributed by atoms with E-state index in [0.29, 0.717) is 23.4 Å². The normalized spacial score (nSPS) is 18.1. The van der Waals surface area contributed by atoms with E-state index in [1.54, 1.807) is 38.2 Å². The summed E-state index contributed by atoms with van der Waals surface area (Å²) in [5.41, 5.74) is 0.676. The van der Waals surface area contributed by atoms with E-state index in [9.17, 15) is 32.7 Å². The average Bonchev–Trinajstić information content (AvgIpc) is 3.70. The number of aliphatic hydroxyl groups is 1. The summed E-state index contributed by atoms with van der Waals surface area (Å²) >= 11 is 0.778. The Kier molecular flexibility index (Phi) is 8.36. The van der Waals surface area contributed by atoms with Crippen LogP contribution in [0.3, 0.4) is 0 Å². The van der Waals surface area contributed by atoms with Crippen LogP contribution in [0.15, 0.2) is 47.6 Å². The first-order valence-corrected chi connectivity index (χ1v) is 14.6. The van der Waals surface area contributed by atoms with E-state index in [0.717, 1.165) is 29.6 Å². The molecule has 5 rings (SSSR count). The minimum absolute atomic E-state index is 0.0308. The molecule has 2 amide bonds. The van der Waals surface area contributed by atoms with Crippen molar-refractivity contribution >= 4 is 40.6 Å². The molecule has 0 bridgehead atoms. The third-order valence-electron chi connectivity index (χ3n) is 7.28. The molecule has 2 aromatic heterocycles. The van der Waals surface area contributed by atoms with E-state index in [1.807, 2.05) is 0 Å². The Morgan fingerprint density at radius 2 is 1.93 bits per heavy atom. The lowest BCUT2D eigenvalue weighted by molar-refractivity contribution is -0.140. The molecule has 2 aliphatic rings. The number of aliphatic hydroxyl groups excluding tert-OH is 1. The van der Waals surface area contributed by atoms with Crippen LogP contribution in [0.2, 0.25) is 0 Å². The predicted octanol–water partition coefficient (Wildman–Crippen LogP) is 5.14. The lowest BCUT2D eigenvalue weighted by Gasteiger charge is -2.38. The van der Waals surface area contributed by atoms with Crippen molar-refractivity contribution in [2.75, 3.05) is 31.6 Å². The van der Waals surface area contributed by atoms with Crippen LogP contribution < -0.4 is 15.1 Å². The van der Waals surface area contributed by atoms with E-state index < -0.39 is 29.7 Å². The highest BCUT2D eigenvalue weighted by molar-refractivity contribution is 7.13. The van der Waals surface area contributed by atoms with Gasteiger partial charge in [-0.2, -0.15) is 13.2 Å². The van der Waals surface area contributed by atoms with Crippen LogP contribution in [0.1, 0.15) is 42.7 Å². The van der Waals surface area contributed by atoms with Gasteiger partial charge in [0, 0.05) is 48.2 Å². The number of ketones is 1. The molecule has 0 spiro atoms. The fourth-order valence-corrected chi connectivity index (χ4v) is 6.11. The Morgan fingerprint density at radius 1 is 1.16 bits per heavy atom. The van der Waals surface area contributed by atoms with Gasteiger partial charge in [-0.05, 0) is 37.6 Å². The molecular formula is C29H29F3N5O5S+.